The van der Waals surface area contributed by atoms with Gasteiger partial charge >= 0.3 is 0 Å². The van der Waals surface area contributed by atoms with Crippen molar-refractivity contribution in [3.63, 3.8) is 0 Å². The first-order chi connectivity index (χ1) is 21.8. The van der Waals surface area contributed by atoms with Crippen LogP contribution in [0.4, 0.5) is 0 Å². The zero-order chi connectivity index (χ0) is 33.3. The Labute approximate surface area is 295 Å². The molecule has 0 aromatic rings. The summed E-state index contributed by atoms with van der Waals surface area (Å²) in [6.07, 6.45) is 44.3. The number of unbranched alkanes of at least 4 members (excludes halogenated alkanes) is 22. The fraction of sp³-hybridized carbons (Fsp3) is 0.857. The van der Waals surface area contributed by atoms with Gasteiger partial charge in [0.25, 0.3) is 0 Å². The van der Waals surface area contributed by atoms with Crippen molar-refractivity contribution < 1.29 is 14.1 Å². The average Bonchev–Trinajstić information content (AvgIpc) is 3.00. The summed E-state index contributed by atoms with van der Waals surface area (Å²) in [5.41, 5.74) is 0. The number of halogens is 1. The average molecular weight is 668 g/mol. The van der Waals surface area contributed by atoms with E-state index in [2.05, 4.69) is 59.3 Å². The molecule has 1 atom stereocenters. The highest BCUT2D eigenvalue weighted by atomic mass is 35.5. The number of nitrogens with zero attached hydrogens (tertiary/aromatic N) is 1. The van der Waals surface area contributed by atoms with Crippen LogP contribution in [0.5, 0.6) is 0 Å². The molecule has 0 aliphatic heterocycles. The molecule has 272 valence electrons. The van der Waals surface area contributed by atoms with Crippen LogP contribution in [0.25, 0.3) is 0 Å². The molecule has 0 amide bonds. The topological polar surface area (TPSA) is 34.1 Å². The van der Waals surface area contributed by atoms with Gasteiger partial charge in [0.2, 0.25) is 0 Å². The summed E-state index contributed by atoms with van der Waals surface area (Å²) in [6.45, 7) is 5.31. The predicted octanol–water partition coefficient (Wildman–Crippen LogP) is 13.3. The third kappa shape index (κ3) is 35.9. The second-order valence-electron chi connectivity index (χ2n) is 15.0. The highest BCUT2D eigenvalue weighted by Gasteiger charge is 2.27. The van der Waals surface area contributed by atoms with Gasteiger partial charge in [-0.05, 0) is 64.2 Å². The fourth-order valence-electron chi connectivity index (χ4n) is 6.29. The molecule has 0 aliphatic carbocycles. The van der Waals surface area contributed by atoms with Crippen molar-refractivity contribution >= 4 is 24.0 Å². The fourth-order valence-corrected chi connectivity index (χ4v) is 6.29. The smallest absolute Gasteiger partial charge is 0.142 e. The zero-order valence-electron chi connectivity index (χ0n) is 31.8. The quantitative estimate of drug-likeness (QED) is 0.0383. The van der Waals surface area contributed by atoms with E-state index in [0.717, 1.165) is 36.7 Å². The lowest BCUT2D eigenvalue weighted by molar-refractivity contribution is -0.872. The maximum atomic E-state index is 13.1. The van der Waals surface area contributed by atoms with Gasteiger partial charge in [0.05, 0.1) is 33.6 Å². The number of hydrogen-bond donors (Lipinski definition) is 0. The number of hydrogen-bond acceptors (Lipinski definition) is 2. The van der Waals surface area contributed by atoms with E-state index in [4.69, 9.17) is 0 Å². The largest absolute Gasteiger partial charge is 0.330 e. The van der Waals surface area contributed by atoms with E-state index < -0.39 is 0 Å². The van der Waals surface area contributed by atoms with Crippen LogP contribution in [-0.2, 0) is 9.59 Å². The van der Waals surface area contributed by atoms with Crippen LogP contribution in [0.1, 0.15) is 200 Å². The summed E-state index contributed by atoms with van der Waals surface area (Å²) in [5.74, 6) is 0.500. The van der Waals surface area contributed by atoms with Gasteiger partial charge in [0.15, 0.2) is 0 Å². The Hall–Kier alpha value is -0.930. The SMILES string of the molecule is CCCCCCCC/C=C\CCCCCCCC(=O)CC(C[N+](C)(C)C)C(=O)CCCCCCC/C=C\CCCCCCCC.Cl. The second-order valence-corrected chi connectivity index (χ2v) is 15.0. The molecule has 0 N–H and O–H groups in total. The Kier molecular flexibility index (Phi) is 36.3. The molecule has 0 aliphatic rings. The molecule has 0 heterocycles. The molecule has 4 heteroatoms. The van der Waals surface area contributed by atoms with Crippen molar-refractivity contribution in [1.82, 2.24) is 0 Å². The molecule has 1 unspecified atom stereocenters. The first kappa shape index (κ1) is 47.2. The third-order valence-corrected chi connectivity index (χ3v) is 9.10. The number of ketones is 2. The molecule has 0 rings (SSSR count). The summed E-state index contributed by atoms with van der Waals surface area (Å²) in [4.78, 5) is 25.9. The first-order valence-electron chi connectivity index (χ1n) is 19.9. The zero-order valence-corrected chi connectivity index (χ0v) is 32.6. The van der Waals surface area contributed by atoms with E-state index in [1.807, 2.05) is 0 Å². The maximum absolute atomic E-state index is 13.1. The van der Waals surface area contributed by atoms with Crippen LogP contribution < -0.4 is 0 Å². The monoisotopic (exact) mass is 667 g/mol. The summed E-state index contributed by atoms with van der Waals surface area (Å²) in [6, 6.07) is 0. The molecule has 0 radical (unpaired) electrons. The van der Waals surface area contributed by atoms with E-state index in [9.17, 15) is 9.59 Å². The van der Waals surface area contributed by atoms with E-state index in [0.29, 0.717) is 30.8 Å². The summed E-state index contributed by atoms with van der Waals surface area (Å²) < 4.78 is 0.740. The van der Waals surface area contributed by atoms with Crippen molar-refractivity contribution in [3.05, 3.63) is 24.3 Å². The summed E-state index contributed by atoms with van der Waals surface area (Å²) >= 11 is 0. The molecule has 3 nitrogen and oxygen atoms in total. The van der Waals surface area contributed by atoms with Gasteiger partial charge in [-0.3, -0.25) is 9.59 Å². The molecule has 0 saturated heterocycles. The Balaban J connectivity index is 0. The highest BCUT2D eigenvalue weighted by molar-refractivity contribution is 5.88. The number of carbonyl (C=O) groups excluding carboxylic acids is 2. The Morgan fingerprint density at radius 1 is 0.478 bits per heavy atom. The van der Waals surface area contributed by atoms with E-state index in [-0.39, 0.29) is 18.3 Å². The van der Waals surface area contributed by atoms with Crippen molar-refractivity contribution in [2.24, 2.45) is 5.92 Å². The normalized spacial score (nSPS) is 12.6. The van der Waals surface area contributed by atoms with Gasteiger partial charge in [-0.25, -0.2) is 0 Å². The minimum Gasteiger partial charge on any atom is -0.330 e. The van der Waals surface area contributed by atoms with E-state index in [1.54, 1.807) is 0 Å². The molecule has 0 fully saturated rings. The highest BCUT2D eigenvalue weighted by Crippen LogP contribution is 2.18. The predicted molar refractivity (Wildman–Crippen MR) is 207 cm³/mol. The third-order valence-electron chi connectivity index (χ3n) is 9.10. The van der Waals surface area contributed by atoms with Crippen molar-refractivity contribution in [1.29, 1.82) is 0 Å². The van der Waals surface area contributed by atoms with Crippen molar-refractivity contribution in [3.8, 4) is 0 Å². The molecular weight excluding hydrogens is 586 g/mol. The van der Waals surface area contributed by atoms with E-state index in [1.165, 1.54) is 141 Å². The lowest BCUT2D eigenvalue weighted by Gasteiger charge is -2.28. The van der Waals surface area contributed by atoms with Crippen LogP contribution in [0.15, 0.2) is 24.3 Å². The number of carbonyl (C=O) groups is 2. The molecule has 0 bridgehead atoms. The van der Waals surface area contributed by atoms with Crippen molar-refractivity contribution in [2.75, 3.05) is 27.7 Å². The van der Waals surface area contributed by atoms with Gasteiger partial charge in [0.1, 0.15) is 11.6 Å². The van der Waals surface area contributed by atoms with Crippen LogP contribution in [0.3, 0.4) is 0 Å². The number of Topliss-reactive ketones (excluding diaryl/α,β-unsaturated/α-hetero) is 2. The standard InChI is InChI=1S/C42H80NO2.ClH/c1-6-8-10-12-14-16-18-20-22-24-26-28-30-32-34-36-41(44)38-40(39-43(3,4)5)42(45)37-35-33-31-29-27-25-23-21-19-17-15-13-11-9-7-2;/h20-23,40H,6-19,24-39H2,1-5H3;1H/q+1;/b22-20-,23-21-;. The molecule has 0 aromatic carbocycles. The van der Waals surface area contributed by atoms with Crippen LogP contribution in [-0.4, -0.2) is 43.7 Å². The Morgan fingerprint density at radius 3 is 1.17 bits per heavy atom. The van der Waals surface area contributed by atoms with Crippen LogP contribution in [0, 0.1) is 5.92 Å². The number of allylic oxidation sites excluding steroid dienone is 4. The molecule has 0 saturated carbocycles. The van der Waals surface area contributed by atoms with Gasteiger partial charge in [-0.15, -0.1) is 12.4 Å². The molecule has 0 aromatic heterocycles. The first-order valence-corrected chi connectivity index (χ1v) is 19.9. The van der Waals surface area contributed by atoms with Gasteiger partial charge in [-0.1, -0.05) is 141 Å². The number of quaternary nitrogens is 1. The van der Waals surface area contributed by atoms with Crippen LogP contribution in [0.2, 0.25) is 0 Å². The second kappa shape index (κ2) is 35.4. The van der Waals surface area contributed by atoms with Gasteiger partial charge in [-0.2, -0.15) is 0 Å². The van der Waals surface area contributed by atoms with Crippen LogP contribution >= 0.6 is 12.4 Å². The van der Waals surface area contributed by atoms with E-state index >= 15 is 0 Å². The summed E-state index contributed by atoms with van der Waals surface area (Å²) in [7, 11) is 6.41. The van der Waals surface area contributed by atoms with Crippen molar-refractivity contribution in [2.45, 2.75) is 200 Å². The Morgan fingerprint density at radius 2 is 0.804 bits per heavy atom. The van der Waals surface area contributed by atoms with Gasteiger partial charge < -0.3 is 4.48 Å². The molecule has 46 heavy (non-hydrogen) atoms. The lowest BCUT2D eigenvalue weighted by atomic mass is 9.91. The summed E-state index contributed by atoms with van der Waals surface area (Å²) in [5, 5.41) is 0. The minimum absolute atomic E-state index is 0. The number of rotatable bonds is 35. The molecule has 0 spiro atoms. The maximum Gasteiger partial charge on any atom is 0.142 e. The minimum atomic E-state index is -0.114. The lowest BCUT2D eigenvalue weighted by Crippen LogP contribution is -2.42. The van der Waals surface area contributed by atoms with Gasteiger partial charge in [0, 0.05) is 19.3 Å². The molecular formula is C42H81ClNO2+. The Bertz CT molecular complexity index is 724.